The number of nitrogens with one attached hydrogen (secondary N) is 2. The van der Waals surface area contributed by atoms with E-state index in [2.05, 4.69) is 25.6 Å². The van der Waals surface area contributed by atoms with Gasteiger partial charge in [0.1, 0.15) is 17.6 Å². The van der Waals surface area contributed by atoms with Crippen molar-refractivity contribution in [1.82, 2.24) is 20.1 Å². The Morgan fingerprint density at radius 1 is 1.28 bits per heavy atom. The molecule has 0 radical (unpaired) electrons. The summed E-state index contributed by atoms with van der Waals surface area (Å²) in [5, 5.41) is 11.5. The van der Waals surface area contributed by atoms with Crippen molar-refractivity contribution in [1.29, 1.82) is 0 Å². The Morgan fingerprint density at radius 2 is 2.09 bits per heavy atom. The van der Waals surface area contributed by atoms with Crippen molar-refractivity contribution in [2.45, 2.75) is 6.61 Å². The maximum absolute atomic E-state index is 14.5. The summed E-state index contributed by atoms with van der Waals surface area (Å²) in [6.07, 6.45) is 1.92. The first-order valence-corrected chi connectivity index (χ1v) is 10.3. The largest absolute Gasteiger partial charge is 0.438 e. The van der Waals surface area contributed by atoms with Crippen molar-refractivity contribution in [2.75, 3.05) is 43.5 Å². The molecule has 32 heavy (non-hydrogen) atoms. The van der Waals surface area contributed by atoms with Crippen LogP contribution in [0.3, 0.4) is 0 Å². The van der Waals surface area contributed by atoms with Gasteiger partial charge in [-0.2, -0.15) is 5.10 Å². The van der Waals surface area contributed by atoms with Crippen LogP contribution >= 0.6 is 0 Å². The summed E-state index contributed by atoms with van der Waals surface area (Å²) in [5.74, 6) is -0.694. The quantitative estimate of drug-likeness (QED) is 0.494. The van der Waals surface area contributed by atoms with Gasteiger partial charge in [-0.05, 0) is 18.2 Å². The number of anilines is 2. The van der Waals surface area contributed by atoms with Crippen LogP contribution in [0.4, 0.5) is 15.8 Å². The summed E-state index contributed by atoms with van der Waals surface area (Å²) in [7, 11) is 3.33. The number of nitrogens with zero attached hydrogens (tertiary/aromatic N) is 4. The van der Waals surface area contributed by atoms with Crippen LogP contribution in [0, 0.1) is 5.82 Å². The Hall–Kier alpha value is -3.50. The number of halogens is 1. The van der Waals surface area contributed by atoms with E-state index in [0.29, 0.717) is 11.1 Å². The van der Waals surface area contributed by atoms with Gasteiger partial charge in [0.2, 0.25) is 5.89 Å². The molecule has 10 heteroatoms. The number of hydrogen-bond donors (Lipinski definition) is 2. The molecule has 1 amide bonds. The van der Waals surface area contributed by atoms with Crippen LogP contribution in [0.25, 0.3) is 22.0 Å². The number of piperazine rings is 1. The Bertz CT molecular complexity index is 1310. The predicted molar refractivity (Wildman–Crippen MR) is 118 cm³/mol. The lowest BCUT2D eigenvalue weighted by Crippen LogP contribution is -2.43. The number of hydrogen-bond acceptors (Lipinski definition) is 7. The fourth-order valence-corrected chi connectivity index (χ4v) is 4.06. The molecule has 4 aromatic rings. The molecule has 0 aliphatic carbocycles. The van der Waals surface area contributed by atoms with Crippen molar-refractivity contribution in [3.63, 3.8) is 0 Å². The molecule has 2 aromatic heterocycles. The zero-order valence-corrected chi connectivity index (χ0v) is 17.8. The van der Waals surface area contributed by atoms with Gasteiger partial charge < -0.3 is 24.7 Å². The molecule has 1 aliphatic rings. The predicted octanol–water partition coefficient (Wildman–Crippen LogP) is 2.66. The van der Waals surface area contributed by atoms with E-state index >= 15 is 0 Å². The number of ether oxygens (including phenoxy) is 1. The summed E-state index contributed by atoms with van der Waals surface area (Å²) in [6.45, 7) is 3.72. The number of oxazole rings is 1. The van der Waals surface area contributed by atoms with Gasteiger partial charge in [0.25, 0.3) is 5.91 Å². The second kappa shape index (κ2) is 8.21. The van der Waals surface area contributed by atoms with Gasteiger partial charge in [-0.25, -0.2) is 9.37 Å². The molecule has 0 unspecified atom stereocenters. The third-order valence-electron chi connectivity index (χ3n) is 5.49. The van der Waals surface area contributed by atoms with Gasteiger partial charge in [-0.3, -0.25) is 9.48 Å². The van der Waals surface area contributed by atoms with Crippen LogP contribution in [-0.2, 0) is 18.4 Å². The van der Waals surface area contributed by atoms with E-state index < -0.39 is 5.82 Å². The average molecular weight is 438 g/mol. The summed E-state index contributed by atoms with van der Waals surface area (Å²) in [5.41, 5.74) is 2.68. The van der Waals surface area contributed by atoms with E-state index in [1.807, 2.05) is 19.3 Å². The number of benzene rings is 2. The molecule has 0 spiro atoms. The molecule has 1 saturated heterocycles. The number of carbonyl (C=O) groups excluding carboxylic acids is 1. The minimum Gasteiger partial charge on any atom is -0.438 e. The molecule has 0 bridgehead atoms. The highest BCUT2D eigenvalue weighted by Gasteiger charge is 2.21. The Balaban J connectivity index is 1.47. The van der Waals surface area contributed by atoms with Gasteiger partial charge in [-0.1, -0.05) is 0 Å². The second-order valence-electron chi connectivity index (χ2n) is 7.73. The SMILES string of the molecule is COCc1nc2c(F)cc(NC(=O)c3ccc(N4CCNCC4)c4cn(C)nc34)cc2o1. The minimum atomic E-state index is -0.582. The van der Waals surface area contributed by atoms with E-state index in [1.165, 1.54) is 13.2 Å². The van der Waals surface area contributed by atoms with Crippen molar-refractivity contribution < 1.29 is 18.3 Å². The first-order chi connectivity index (χ1) is 15.5. The summed E-state index contributed by atoms with van der Waals surface area (Å²) < 4.78 is 26.7. The van der Waals surface area contributed by atoms with E-state index in [1.54, 1.807) is 16.8 Å². The number of carbonyl (C=O) groups is 1. The van der Waals surface area contributed by atoms with Crippen LogP contribution < -0.4 is 15.5 Å². The maximum atomic E-state index is 14.5. The Labute approximate surface area is 183 Å². The third-order valence-corrected chi connectivity index (χ3v) is 5.49. The first kappa shape index (κ1) is 20.4. The van der Waals surface area contributed by atoms with Gasteiger partial charge in [0.05, 0.1) is 5.56 Å². The molecule has 3 heterocycles. The monoisotopic (exact) mass is 438 g/mol. The molecule has 5 rings (SSSR count). The lowest BCUT2D eigenvalue weighted by molar-refractivity contribution is 0.102. The molecule has 0 saturated carbocycles. The summed E-state index contributed by atoms with van der Waals surface area (Å²) in [6, 6.07) is 6.49. The number of rotatable bonds is 5. The molecule has 1 aliphatic heterocycles. The number of methoxy groups -OCH3 is 1. The summed E-state index contributed by atoms with van der Waals surface area (Å²) in [4.78, 5) is 19.5. The fourth-order valence-electron chi connectivity index (χ4n) is 4.06. The Morgan fingerprint density at radius 3 is 2.88 bits per heavy atom. The Kier molecular flexibility index (Phi) is 5.24. The minimum absolute atomic E-state index is 0.0996. The molecule has 2 N–H and O–H groups in total. The van der Waals surface area contributed by atoms with Crippen LogP contribution in [0.1, 0.15) is 16.2 Å². The highest BCUT2D eigenvalue weighted by molar-refractivity contribution is 6.14. The van der Waals surface area contributed by atoms with E-state index in [9.17, 15) is 9.18 Å². The smallest absolute Gasteiger partial charge is 0.257 e. The van der Waals surface area contributed by atoms with E-state index in [-0.39, 0.29) is 35.2 Å². The standard InChI is InChI=1S/C22H23FN6O3/c1-28-11-15-17(29-7-5-24-6-8-29)4-3-14(20(15)27-28)22(30)25-13-9-16(23)21-18(10-13)32-19(26-21)12-31-2/h3-4,9-11,24H,5-8,12H2,1-2H3,(H,25,30). The molecule has 1 fully saturated rings. The average Bonchev–Trinajstić information content (AvgIpc) is 3.36. The fraction of sp³-hybridized carbons (Fsp3) is 0.318. The van der Waals surface area contributed by atoms with Crippen LogP contribution in [-0.4, -0.2) is 54.0 Å². The zero-order valence-electron chi connectivity index (χ0n) is 17.8. The van der Waals surface area contributed by atoms with Crippen LogP contribution in [0.15, 0.2) is 34.9 Å². The van der Waals surface area contributed by atoms with Crippen molar-refractivity contribution in [3.05, 3.63) is 47.7 Å². The lowest BCUT2D eigenvalue weighted by atomic mass is 10.1. The molecule has 2 aromatic carbocycles. The normalized spacial score (nSPS) is 14.4. The topological polar surface area (TPSA) is 97.4 Å². The number of amides is 1. The van der Waals surface area contributed by atoms with Crippen molar-refractivity contribution in [3.8, 4) is 0 Å². The number of aromatic nitrogens is 3. The zero-order chi connectivity index (χ0) is 22.2. The van der Waals surface area contributed by atoms with Crippen molar-refractivity contribution >= 4 is 39.3 Å². The van der Waals surface area contributed by atoms with Crippen LogP contribution in [0.5, 0.6) is 0 Å². The maximum Gasteiger partial charge on any atom is 0.257 e. The van der Waals surface area contributed by atoms with Crippen molar-refractivity contribution in [2.24, 2.45) is 7.05 Å². The number of aryl methyl sites for hydroxylation is 1. The van der Waals surface area contributed by atoms with E-state index in [4.69, 9.17) is 9.15 Å². The third kappa shape index (κ3) is 3.67. The molecule has 9 nitrogen and oxygen atoms in total. The van der Waals surface area contributed by atoms with Crippen LogP contribution in [0.2, 0.25) is 0 Å². The molecular formula is C22H23FN6O3. The molecule has 166 valence electrons. The summed E-state index contributed by atoms with van der Waals surface area (Å²) >= 11 is 0. The van der Waals surface area contributed by atoms with Gasteiger partial charge in [-0.15, -0.1) is 0 Å². The van der Waals surface area contributed by atoms with Gasteiger partial charge in [0, 0.05) is 69.4 Å². The first-order valence-electron chi connectivity index (χ1n) is 10.3. The molecule has 0 atom stereocenters. The van der Waals surface area contributed by atoms with E-state index in [0.717, 1.165) is 37.3 Å². The van der Waals surface area contributed by atoms with Gasteiger partial charge >= 0.3 is 0 Å². The lowest BCUT2D eigenvalue weighted by Gasteiger charge is -2.30. The highest BCUT2D eigenvalue weighted by atomic mass is 19.1. The highest BCUT2D eigenvalue weighted by Crippen LogP contribution is 2.30. The van der Waals surface area contributed by atoms with Gasteiger partial charge in [0.15, 0.2) is 11.4 Å². The second-order valence-corrected chi connectivity index (χ2v) is 7.73. The molecular weight excluding hydrogens is 415 g/mol. The number of fused-ring (bicyclic) bond motifs is 2.